The van der Waals surface area contributed by atoms with E-state index in [0.29, 0.717) is 25.4 Å². The number of unbranched alkanes of at least 4 members (excludes halogenated alkanes) is 1. The van der Waals surface area contributed by atoms with Gasteiger partial charge in [-0.1, -0.05) is 12.0 Å². The largest absolute Gasteiger partial charge is 0.407 e. The van der Waals surface area contributed by atoms with Crippen LogP contribution in [0.2, 0.25) is 0 Å². The molecule has 0 radical (unpaired) electrons. The normalized spacial score (nSPS) is 11.8. The van der Waals surface area contributed by atoms with Crippen LogP contribution in [0.15, 0.2) is 4.42 Å². The van der Waals surface area contributed by atoms with Crippen LogP contribution in [0.1, 0.15) is 32.1 Å². The lowest BCUT2D eigenvalue weighted by Crippen LogP contribution is -2.11. The summed E-state index contributed by atoms with van der Waals surface area (Å²) in [7, 11) is 0. The Morgan fingerprint density at radius 2 is 2.00 bits per heavy atom. The van der Waals surface area contributed by atoms with Gasteiger partial charge in [0.05, 0.1) is 6.54 Å². The molecule has 1 heterocycles. The number of aromatic nitrogens is 2. The molecule has 18 heavy (non-hydrogen) atoms. The first kappa shape index (κ1) is 14.7. The second-order valence-corrected chi connectivity index (χ2v) is 3.78. The van der Waals surface area contributed by atoms with Gasteiger partial charge in [-0.05, 0) is 19.4 Å². The van der Waals surface area contributed by atoms with Crippen LogP contribution in [0.4, 0.5) is 19.2 Å². The molecule has 0 aliphatic carbocycles. The summed E-state index contributed by atoms with van der Waals surface area (Å²) in [6, 6.07) is 0.245. The Balaban J connectivity index is 2.13. The van der Waals surface area contributed by atoms with E-state index in [0.717, 1.165) is 6.54 Å². The molecule has 0 saturated carbocycles. The summed E-state index contributed by atoms with van der Waals surface area (Å²) >= 11 is 0. The highest BCUT2D eigenvalue weighted by molar-refractivity contribution is 5.16. The number of hydrogen-bond donors (Lipinski definition) is 2. The van der Waals surface area contributed by atoms with E-state index < -0.39 is 12.6 Å². The molecule has 0 unspecified atom stereocenters. The molecule has 8 heteroatoms. The average molecular weight is 266 g/mol. The van der Waals surface area contributed by atoms with Gasteiger partial charge in [-0.25, -0.2) is 0 Å². The molecule has 0 bridgehead atoms. The second-order valence-electron chi connectivity index (χ2n) is 3.78. The van der Waals surface area contributed by atoms with Crippen molar-refractivity contribution in [1.82, 2.24) is 15.5 Å². The minimum absolute atomic E-state index is 0.0921. The van der Waals surface area contributed by atoms with Crippen LogP contribution in [0.3, 0.4) is 0 Å². The number of anilines is 1. The fourth-order valence-electron chi connectivity index (χ4n) is 1.27. The zero-order chi connectivity index (χ0) is 13.4. The van der Waals surface area contributed by atoms with Crippen molar-refractivity contribution < 1.29 is 17.6 Å². The summed E-state index contributed by atoms with van der Waals surface area (Å²) in [4.78, 5) is 0. The number of rotatable bonds is 8. The number of alkyl halides is 3. The standard InChI is InChI=1S/C10H17F3N4O/c1-2-14-7-8-16-17-9(18-8)15-6-4-3-5-10(11,12)13/h14H,2-7H2,1H3,(H,15,17). The molecule has 1 aromatic rings. The van der Waals surface area contributed by atoms with E-state index in [1.54, 1.807) is 0 Å². The van der Waals surface area contributed by atoms with E-state index in [9.17, 15) is 13.2 Å². The number of nitrogens with one attached hydrogen (secondary N) is 2. The molecule has 0 atom stereocenters. The fourth-order valence-corrected chi connectivity index (χ4v) is 1.27. The third-order valence-corrected chi connectivity index (χ3v) is 2.16. The van der Waals surface area contributed by atoms with E-state index in [1.165, 1.54) is 0 Å². The second kappa shape index (κ2) is 7.20. The third kappa shape index (κ3) is 6.43. The van der Waals surface area contributed by atoms with Gasteiger partial charge in [-0.3, -0.25) is 0 Å². The molecule has 0 aliphatic rings. The fraction of sp³-hybridized carbons (Fsp3) is 0.800. The van der Waals surface area contributed by atoms with Crippen LogP contribution in [-0.2, 0) is 6.54 Å². The SMILES string of the molecule is CCNCc1nnc(NCCCCC(F)(F)F)o1. The third-order valence-electron chi connectivity index (χ3n) is 2.16. The summed E-state index contributed by atoms with van der Waals surface area (Å²) in [6.07, 6.45) is -4.34. The molecular weight excluding hydrogens is 249 g/mol. The van der Waals surface area contributed by atoms with Crippen LogP contribution in [-0.4, -0.2) is 29.5 Å². The van der Waals surface area contributed by atoms with Crippen molar-refractivity contribution in [3.8, 4) is 0 Å². The molecule has 5 nitrogen and oxygen atoms in total. The van der Waals surface area contributed by atoms with Crippen LogP contribution < -0.4 is 10.6 Å². The molecule has 0 aromatic carbocycles. The van der Waals surface area contributed by atoms with Gasteiger partial charge in [0.15, 0.2) is 0 Å². The predicted octanol–water partition coefficient (Wildman–Crippen LogP) is 2.32. The van der Waals surface area contributed by atoms with Crippen molar-refractivity contribution in [3.63, 3.8) is 0 Å². The molecule has 2 N–H and O–H groups in total. The van der Waals surface area contributed by atoms with Crippen molar-refractivity contribution in [1.29, 1.82) is 0 Å². The Morgan fingerprint density at radius 1 is 1.22 bits per heavy atom. The molecular formula is C10H17F3N4O. The Labute approximate surface area is 103 Å². The van der Waals surface area contributed by atoms with Crippen LogP contribution >= 0.6 is 0 Å². The van der Waals surface area contributed by atoms with Crippen LogP contribution in [0.25, 0.3) is 0 Å². The average Bonchev–Trinajstić information content (AvgIpc) is 2.72. The van der Waals surface area contributed by atoms with Crippen molar-refractivity contribution in [2.75, 3.05) is 18.4 Å². The lowest BCUT2D eigenvalue weighted by molar-refractivity contribution is -0.135. The summed E-state index contributed by atoms with van der Waals surface area (Å²) in [5.41, 5.74) is 0. The Bertz CT molecular complexity index is 340. The molecule has 0 spiro atoms. The molecule has 104 valence electrons. The molecule has 0 amide bonds. The highest BCUT2D eigenvalue weighted by Crippen LogP contribution is 2.22. The first-order valence-electron chi connectivity index (χ1n) is 5.85. The minimum Gasteiger partial charge on any atom is -0.407 e. The Morgan fingerprint density at radius 3 is 2.67 bits per heavy atom. The van der Waals surface area contributed by atoms with E-state index in [-0.39, 0.29) is 12.4 Å². The lowest BCUT2D eigenvalue weighted by atomic mass is 10.2. The van der Waals surface area contributed by atoms with Gasteiger partial charge in [0.2, 0.25) is 5.89 Å². The maximum atomic E-state index is 11.9. The van der Waals surface area contributed by atoms with Crippen molar-refractivity contribution in [2.24, 2.45) is 0 Å². The molecule has 1 rings (SSSR count). The smallest absolute Gasteiger partial charge is 0.389 e. The van der Waals surface area contributed by atoms with Gasteiger partial charge < -0.3 is 15.1 Å². The van der Waals surface area contributed by atoms with Gasteiger partial charge in [0, 0.05) is 13.0 Å². The van der Waals surface area contributed by atoms with E-state index in [4.69, 9.17) is 4.42 Å². The lowest BCUT2D eigenvalue weighted by Gasteiger charge is -2.05. The van der Waals surface area contributed by atoms with Crippen LogP contribution in [0, 0.1) is 0 Å². The monoisotopic (exact) mass is 266 g/mol. The van der Waals surface area contributed by atoms with E-state index in [1.807, 2.05) is 6.92 Å². The van der Waals surface area contributed by atoms with Crippen molar-refractivity contribution >= 4 is 6.01 Å². The van der Waals surface area contributed by atoms with Gasteiger partial charge in [0.1, 0.15) is 0 Å². The highest BCUT2D eigenvalue weighted by atomic mass is 19.4. The summed E-state index contributed by atoms with van der Waals surface area (Å²) in [5.74, 6) is 0.453. The summed E-state index contributed by atoms with van der Waals surface area (Å²) in [6.45, 7) is 3.62. The van der Waals surface area contributed by atoms with E-state index in [2.05, 4.69) is 20.8 Å². The molecule has 0 saturated heterocycles. The zero-order valence-corrected chi connectivity index (χ0v) is 10.2. The maximum absolute atomic E-state index is 11.9. The molecule has 1 aromatic heterocycles. The number of nitrogens with zero attached hydrogens (tertiary/aromatic N) is 2. The van der Waals surface area contributed by atoms with Gasteiger partial charge in [-0.2, -0.15) is 13.2 Å². The van der Waals surface area contributed by atoms with Gasteiger partial charge in [0.25, 0.3) is 0 Å². The topological polar surface area (TPSA) is 63.0 Å². The Hall–Kier alpha value is -1.31. The molecule has 0 aliphatic heterocycles. The quantitative estimate of drug-likeness (QED) is 0.707. The highest BCUT2D eigenvalue weighted by Gasteiger charge is 2.25. The summed E-state index contributed by atoms with van der Waals surface area (Å²) in [5, 5.41) is 13.3. The first-order chi connectivity index (χ1) is 8.51. The van der Waals surface area contributed by atoms with Crippen molar-refractivity contribution in [2.45, 2.75) is 38.9 Å². The maximum Gasteiger partial charge on any atom is 0.389 e. The minimum atomic E-state index is -4.08. The summed E-state index contributed by atoms with van der Waals surface area (Å²) < 4.78 is 40.8. The van der Waals surface area contributed by atoms with Crippen molar-refractivity contribution in [3.05, 3.63) is 5.89 Å². The Kier molecular flexibility index (Phi) is 5.90. The zero-order valence-electron chi connectivity index (χ0n) is 10.2. The van der Waals surface area contributed by atoms with Gasteiger partial charge in [-0.15, -0.1) is 5.10 Å². The van der Waals surface area contributed by atoms with Gasteiger partial charge >= 0.3 is 12.2 Å². The number of hydrogen-bond acceptors (Lipinski definition) is 5. The first-order valence-corrected chi connectivity index (χ1v) is 5.85. The molecule has 0 fully saturated rings. The van der Waals surface area contributed by atoms with E-state index >= 15 is 0 Å². The number of halogens is 3. The predicted molar refractivity (Wildman–Crippen MR) is 60.1 cm³/mol. The van der Waals surface area contributed by atoms with Crippen LogP contribution in [0.5, 0.6) is 0 Å².